The molecule has 0 saturated carbocycles. The standard InChI is InChI=1S/C15H19N5O/c1-15(2,3)10-6-4-5-7-11(10)19-14(21)12-8-17-9-13(18-12)20-16/h4-9H,16H2,1-3H3,(H,18,20)(H,19,21). The Hall–Kier alpha value is -2.47. The van der Waals surface area contributed by atoms with Crippen molar-refractivity contribution in [2.24, 2.45) is 5.84 Å². The first-order valence-corrected chi connectivity index (χ1v) is 6.61. The maximum Gasteiger partial charge on any atom is 0.275 e. The van der Waals surface area contributed by atoms with E-state index in [0.29, 0.717) is 5.82 Å². The number of nitrogens with two attached hydrogens (primary N) is 1. The number of hydrogen-bond donors (Lipinski definition) is 3. The lowest BCUT2D eigenvalue weighted by atomic mass is 9.86. The molecule has 2 aromatic rings. The molecule has 0 fully saturated rings. The van der Waals surface area contributed by atoms with E-state index < -0.39 is 0 Å². The minimum atomic E-state index is -0.323. The first kappa shape index (κ1) is 14.9. The van der Waals surface area contributed by atoms with Gasteiger partial charge >= 0.3 is 0 Å². The number of nitrogens with one attached hydrogen (secondary N) is 2. The Bertz CT molecular complexity index is 649. The molecular formula is C15H19N5O. The maximum absolute atomic E-state index is 12.3. The molecule has 110 valence electrons. The fourth-order valence-corrected chi connectivity index (χ4v) is 1.98. The van der Waals surface area contributed by atoms with Crippen LogP contribution in [0.25, 0.3) is 0 Å². The van der Waals surface area contributed by atoms with Crippen LogP contribution in [0.5, 0.6) is 0 Å². The molecule has 1 aromatic carbocycles. The van der Waals surface area contributed by atoms with Gasteiger partial charge in [-0.25, -0.2) is 10.8 Å². The average molecular weight is 285 g/mol. The smallest absolute Gasteiger partial charge is 0.275 e. The van der Waals surface area contributed by atoms with Gasteiger partial charge in [0.05, 0.1) is 12.4 Å². The summed E-state index contributed by atoms with van der Waals surface area (Å²) in [4.78, 5) is 20.3. The van der Waals surface area contributed by atoms with Gasteiger partial charge in [-0.2, -0.15) is 0 Å². The van der Waals surface area contributed by atoms with Gasteiger partial charge in [-0.15, -0.1) is 0 Å². The normalized spacial score (nSPS) is 11.0. The van der Waals surface area contributed by atoms with Crippen LogP contribution in [0.2, 0.25) is 0 Å². The minimum Gasteiger partial charge on any atom is -0.320 e. The van der Waals surface area contributed by atoms with E-state index in [1.807, 2.05) is 24.3 Å². The summed E-state index contributed by atoms with van der Waals surface area (Å²) in [5.41, 5.74) is 4.32. The van der Waals surface area contributed by atoms with Gasteiger partial charge < -0.3 is 10.7 Å². The van der Waals surface area contributed by atoms with Crippen molar-refractivity contribution in [1.29, 1.82) is 0 Å². The van der Waals surface area contributed by atoms with Crippen LogP contribution in [0.1, 0.15) is 36.8 Å². The van der Waals surface area contributed by atoms with Crippen molar-refractivity contribution in [3.05, 3.63) is 47.9 Å². The Morgan fingerprint density at radius 2 is 1.90 bits per heavy atom. The largest absolute Gasteiger partial charge is 0.320 e. The lowest BCUT2D eigenvalue weighted by Gasteiger charge is -2.22. The molecule has 2 rings (SSSR count). The number of carbonyl (C=O) groups is 1. The van der Waals surface area contributed by atoms with Gasteiger partial charge in [0.25, 0.3) is 5.91 Å². The summed E-state index contributed by atoms with van der Waals surface area (Å²) < 4.78 is 0. The molecule has 21 heavy (non-hydrogen) atoms. The summed E-state index contributed by atoms with van der Waals surface area (Å²) in [7, 11) is 0. The number of hydrazine groups is 1. The van der Waals surface area contributed by atoms with Crippen molar-refractivity contribution < 1.29 is 4.79 Å². The van der Waals surface area contributed by atoms with Crippen molar-refractivity contribution in [2.45, 2.75) is 26.2 Å². The van der Waals surface area contributed by atoms with Gasteiger partial charge in [-0.1, -0.05) is 39.0 Å². The number of nitrogens with zero attached hydrogens (tertiary/aromatic N) is 2. The summed E-state index contributed by atoms with van der Waals surface area (Å²) in [5, 5.41) is 2.87. The number of aromatic nitrogens is 2. The van der Waals surface area contributed by atoms with Crippen LogP contribution in [-0.2, 0) is 5.41 Å². The van der Waals surface area contributed by atoms with E-state index in [1.54, 1.807) is 0 Å². The third-order valence-electron chi connectivity index (χ3n) is 3.00. The van der Waals surface area contributed by atoms with Crippen molar-refractivity contribution in [2.75, 3.05) is 10.7 Å². The zero-order valence-electron chi connectivity index (χ0n) is 12.3. The molecule has 0 aliphatic heterocycles. The molecular weight excluding hydrogens is 266 g/mol. The fraction of sp³-hybridized carbons (Fsp3) is 0.267. The van der Waals surface area contributed by atoms with E-state index in [2.05, 4.69) is 41.5 Å². The predicted octanol–water partition coefficient (Wildman–Crippen LogP) is 2.31. The second-order valence-electron chi connectivity index (χ2n) is 5.68. The molecule has 0 aliphatic rings. The summed E-state index contributed by atoms with van der Waals surface area (Å²) in [5.74, 6) is 5.29. The molecule has 0 bridgehead atoms. The number of benzene rings is 1. The van der Waals surface area contributed by atoms with Gasteiger partial charge in [0.15, 0.2) is 5.82 Å². The maximum atomic E-state index is 12.3. The van der Waals surface area contributed by atoms with Crippen molar-refractivity contribution in [3.63, 3.8) is 0 Å². The third-order valence-corrected chi connectivity index (χ3v) is 3.00. The number of carbonyl (C=O) groups excluding carboxylic acids is 1. The zero-order chi connectivity index (χ0) is 15.5. The highest BCUT2D eigenvalue weighted by molar-refractivity contribution is 6.03. The lowest BCUT2D eigenvalue weighted by molar-refractivity contribution is 0.102. The Morgan fingerprint density at radius 3 is 2.57 bits per heavy atom. The number of nitrogen functional groups attached to an aromatic ring is 1. The summed E-state index contributed by atoms with van der Waals surface area (Å²) in [6.45, 7) is 6.28. The van der Waals surface area contributed by atoms with Crippen LogP contribution in [0.15, 0.2) is 36.7 Å². The minimum absolute atomic E-state index is 0.0732. The Kier molecular flexibility index (Phi) is 4.18. The topological polar surface area (TPSA) is 92.9 Å². The molecule has 0 spiro atoms. The first-order valence-electron chi connectivity index (χ1n) is 6.61. The Labute approximate surface area is 123 Å². The Morgan fingerprint density at radius 1 is 1.19 bits per heavy atom. The van der Waals surface area contributed by atoms with Crippen LogP contribution in [0.4, 0.5) is 11.5 Å². The van der Waals surface area contributed by atoms with Gasteiger partial charge in [0.1, 0.15) is 5.69 Å². The molecule has 0 radical (unpaired) electrons. The number of hydrogen-bond acceptors (Lipinski definition) is 5. The lowest BCUT2D eigenvalue weighted by Crippen LogP contribution is -2.20. The van der Waals surface area contributed by atoms with Crippen LogP contribution in [0.3, 0.4) is 0 Å². The molecule has 0 atom stereocenters. The molecule has 6 heteroatoms. The Balaban J connectivity index is 2.28. The van der Waals surface area contributed by atoms with Crippen LogP contribution in [-0.4, -0.2) is 15.9 Å². The van der Waals surface area contributed by atoms with Crippen molar-refractivity contribution in [3.8, 4) is 0 Å². The van der Waals surface area contributed by atoms with Crippen molar-refractivity contribution in [1.82, 2.24) is 9.97 Å². The SMILES string of the molecule is CC(C)(C)c1ccccc1NC(=O)c1cncc(NN)n1. The highest BCUT2D eigenvalue weighted by Gasteiger charge is 2.19. The van der Waals surface area contributed by atoms with E-state index in [4.69, 9.17) is 5.84 Å². The first-order chi connectivity index (χ1) is 9.91. The molecule has 1 aromatic heterocycles. The monoisotopic (exact) mass is 285 g/mol. The summed E-state index contributed by atoms with van der Waals surface area (Å²) >= 11 is 0. The van der Waals surface area contributed by atoms with E-state index in [9.17, 15) is 4.79 Å². The van der Waals surface area contributed by atoms with Crippen LogP contribution < -0.4 is 16.6 Å². The van der Waals surface area contributed by atoms with E-state index in [0.717, 1.165) is 11.3 Å². The molecule has 0 saturated heterocycles. The fourth-order valence-electron chi connectivity index (χ4n) is 1.98. The molecule has 1 heterocycles. The van der Waals surface area contributed by atoms with Crippen LogP contribution >= 0.6 is 0 Å². The summed E-state index contributed by atoms with van der Waals surface area (Å²) in [6, 6.07) is 7.71. The quantitative estimate of drug-likeness (QED) is 0.594. The van der Waals surface area contributed by atoms with Crippen LogP contribution in [0, 0.1) is 0 Å². The average Bonchev–Trinajstić information content (AvgIpc) is 2.46. The van der Waals surface area contributed by atoms with Crippen molar-refractivity contribution >= 4 is 17.4 Å². The number of amides is 1. The van der Waals surface area contributed by atoms with E-state index in [1.165, 1.54) is 12.4 Å². The number of anilines is 2. The number of para-hydroxylation sites is 1. The van der Waals surface area contributed by atoms with E-state index >= 15 is 0 Å². The van der Waals surface area contributed by atoms with Gasteiger partial charge in [0, 0.05) is 5.69 Å². The predicted molar refractivity (Wildman–Crippen MR) is 82.9 cm³/mol. The van der Waals surface area contributed by atoms with E-state index in [-0.39, 0.29) is 17.0 Å². The molecule has 6 nitrogen and oxygen atoms in total. The molecule has 0 unspecified atom stereocenters. The van der Waals surface area contributed by atoms with Gasteiger partial charge in [0.2, 0.25) is 0 Å². The molecule has 4 N–H and O–H groups in total. The molecule has 1 amide bonds. The highest BCUT2D eigenvalue weighted by Crippen LogP contribution is 2.29. The third kappa shape index (κ3) is 3.55. The van der Waals surface area contributed by atoms with Gasteiger partial charge in [-0.05, 0) is 17.0 Å². The highest BCUT2D eigenvalue weighted by atomic mass is 16.1. The number of rotatable bonds is 3. The summed E-state index contributed by atoms with van der Waals surface area (Å²) in [6.07, 6.45) is 2.84. The van der Waals surface area contributed by atoms with Gasteiger partial charge in [-0.3, -0.25) is 9.78 Å². The zero-order valence-corrected chi connectivity index (χ0v) is 12.3. The molecule has 0 aliphatic carbocycles. The second-order valence-corrected chi connectivity index (χ2v) is 5.68. The second kappa shape index (κ2) is 5.88.